The van der Waals surface area contributed by atoms with Gasteiger partial charge in [0.05, 0.1) is 6.04 Å². The van der Waals surface area contributed by atoms with Crippen LogP contribution < -0.4 is 10.6 Å². The van der Waals surface area contributed by atoms with Crippen LogP contribution in [0, 0.1) is 6.92 Å². The minimum absolute atomic E-state index is 0.0221. The Morgan fingerprint density at radius 1 is 1.50 bits per heavy atom. The fourth-order valence-electron chi connectivity index (χ4n) is 1.93. The van der Waals surface area contributed by atoms with E-state index in [2.05, 4.69) is 15.6 Å². The molecule has 1 aromatic carbocycles. The van der Waals surface area contributed by atoms with E-state index >= 15 is 0 Å². The van der Waals surface area contributed by atoms with Crippen LogP contribution >= 0.6 is 0 Å². The Bertz CT molecular complexity index is 561. The second kappa shape index (κ2) is 3.23. The molecule has 5 heteroatoms. The van der Waals surface area contributed by atoms with Gasteiger partial charge in [-0.3, -0.25) is 0 Å². The molecule has 2 aromatic rings. The molecule has 82 valence electrons. The second-order valence-corrected chi connectivity index (χ2v) is 3.87. The Balaban J connectivity index is 2.01. The summed E-state index contributed by atoms with van der Waals surface area (Å²) in [5.41, 5.74) is 2.65. The summed E-state index contributed by atoms with van der Waals surface area (Å²) in [5.74, 6) is 0.653. The molecule has 1 aliphatic heterocycles. The van der Waals surface area contributed by atoms with Crippen LogP contribution in [-0.4, -0.2) is 17.6 Å². The first-order chi connectivity index (χ1) is 7.72. The molecule has 1 aliphatic rings. The SMILES string of the molecule is Cc1nc2cc(C3CNC(=O)N3)ccc2o1. The highest BCUT2D eigenvalue weighted by Crippen LogP contribution is 2.21. The average molecular weight is 217 g/mol. The van der Waals surface area contributed by atoms with Gasteiger partial charge < -0.3 is 15.1 Å². The van der Waals surface area contributed by atoms with Gasteiger partial charge in [-0.25, -0.2) is 9.78 Å². The molecule has 2 N–H and O–H groups in total. The van der Waals surface area contributed by atoms with E-state index in [0.29, 0.717) is 12.4 Å². The van der Waals surface area contributed by atoms with E-state index in [-0.39, 0.29) is 12.1 Å². The van der Waals surface area contributed by atoms with Gasteiger partial charge in [-0.15, -0.1) is 0 Å². The highest BCUT2D eigenvalue weighted by molar-refractivity contribution is 5.78. The molecule has 0 bridgehead atoms. The molecule has 1 atom stereocenters. The van der Waals surface area contributed by atoms with Gasteiger partial charge in [0.2, 0.25) is 0 Å². The van der Waals surface area contributed by atoms with Gasteiger partial charge in [0.1, 0.15) is 5.52 Å². The van der Waals surface area contributed by atoms with E-state index in [1.54, 1.807) is 0 Å². The lowest BCUT2D eigenvalue weighted by atomic mass is 10.1. The van der Waals surface area contributed by atoms with Crippen LogP contribution in [0.1, 0.15) is 17.5 Å². The first-order valence-electron chi connectivity index (χ1n) is 5.14. The molecular formula is C11H11N3O2. The number of carbonyl (C=O) groups excluding carboxylic acids is 1. The molecule has 0 spiro atoms. The fraction of sp³-hybridized carbons (Fsp3) is 0.273. The summed E-state index contributed by atoms with van der Waals surface area (Å²) < 4.78 is 5.39. The number of carbonyl (C=O) groups is 1. The second-order valence-electron chi connectivity index (χ2n) is 3.87. The van der Waals surface area contributed by atoms with Gasteiger partial charge in [0.25, 0.3) is 0 Å². The van der Waals surface area contributed by atoms with Crippen LogP contribution in [0.25, 0.3) is 11.1 Å². The number of nitrogens with one attached hydrogen (secondary N) is 2. The van der Waals surface area contributed by atoms with Crippen molar-refractivity contribution in [3.8, 4) is 0 Å². The third kappa shape index (κ3) is 1.41. The van der Waals surface area contributed by atoms with E-state index in [1.807, 2.05) is 25.1 Å². The third-order valence-electron chi connectivity index (χ3n) is 2.69. The Morgan fingerprint density at radius 2 is 2.38 bits per heavy atom. The number of oxazole rings is 1. The third-order valence-corrected chi connectivity index (χ3v) is 2.69. The van der Waals surface area contributed by atoms with Crippen LogP contribution in [0.15, 0.2) is 22.6 Å². The maximum atomic E-state index is 11.0. The summed E-state index contributed by atoms with van der Waals surface area (Å²) in [4.78, 5) is 15.3. The van der Waals surface area contributed by atoms with Gasteiger partial charge in [-0.05, 0) is 17.7 Å². The van der Waals surface area contributed by atoms with Gasteiger partial charge in [0.15, 0.2) is 11.5 Å². The summed E-state index contributed by atoms with van der Waals surface area (Å²) in [6.45, 7) is 2.43. The molecule has 3 rings (SSSR count). The molecule has 16 heavy (non-hydrogen) atoms. The largest absolute Gasteiger partial charge is 0.441 e. The molecule has 1 unspecified atom stereocenters. The Hall–Kier alpha value is -2.04. The van der Waals surface area contributed by atoms with Crippen LogP contribution in [0.2, 0.25) is 0 Å². The lowest BCUT2D eigenvalue weighted by Gasteiger charge is -2.07. The minimum atomic E-state index is -0.124. The molecule has 1 aromatic heterocycles. The summed E-state index contributed by atoms with van der Waals surface area (Å²) >= 11 is 0. The van der Waals surface area contributed by atoms with E-state index in [1.165, 1.54) is 0 Å². The number of aryl methyl sites for hydroxylation is 1. The summed E-state index contributed by atoms with van der Waals surface area (Å²) in [6, 6.07) is 5.68. The van der Waals surface area contributed by atoms with Gasteiger partial charge >= 0.3 is 6.03 Å². The van der Waals surface area contributed by atoms with E-state index in [0.717, 1.165) is 16.7 Å². The molecule has 1 fully saturated rings. The average Bonchev–Trinajstić information content (AvgIpc) is 2.81. The number of amides is 2. The Labute approximate surface area is 91.8 Å². The van der Waals surface area contributed by atoms with Gasteiger partial charge in [-0.1, -0.05) is 6.07 Å². The van der Waals surface area contributed by atoms with Crippen LogP contribution in [0.3, 0.4) is 0 Å². The Kier molecular flexibility index (Phi) is 1.86. The number of hydrogen-bond acceptors (Lipinski definition) is 3. The molecule has 2 amide bonds. The number of rotatable bonds is 1. The maximum absolute atomic E-state index is 11.0. The highest BCUT2D eigenvalue weighted by Gasteiger charge is 2.21. The first-order valence-corrected chi connectivity index (χ1v) is 5.14. The standard InChI is InChI=1S/C11H11N3O2/c1-6-13-8-4-7(2-3-10(8)16-6)9-5-12-11(15)14-9/h2-4,9H,5H2,1H3,(H2,12,14,15). The zero-order chi connectivity index (χ0) is 11.1. The normalized spacial score (nSPS) is 19.8. The molecule has 1 saturated heterocycles. The summed E-state index contributed by atoms with van der Waals surface area (Å²) in [5, 5.41) is 5.56. The number of fused-ring (bicyclic) bond motifs is 1. The summed E-state index contributed by atoms with van der Waals surface area (Å²) in [6.07, 6.45) is 0. The highest BCUT2D eigenvalue weighted by atomic mass is 16.3. The number of hydrogen-bond donors (Lipinski definition) is 2. The first kappa shape index (κ1) is 9.21. The van der Waals surface area contributed by atoms with Crippen molar-refractivity contribution in [1.82, 2.24) is 15.6 Å². The topological polar surface area (TPSA) is 67.2 Å². The maximum Gasteiger partial charge on any atom is 0.315 e. The van der Waals surface area contributed by atoms with Crippen molar-refractivity contribution < 1.29 is 9.21 Å². The molecule has 2 heterocycles. The number of aromatic nitrogens is 1. The molecule has 0 aliphatic carbocycles. The monoisotopic (exact) mass is 217 g/mol. The zero-order valence-electron chi connectivity index (χ0n) is 8.78. The van der Waals surface area contributed by atoms with Crippen LogP contribution in [0.5, 0.6) is 0 Å². The zero-order valence-corrected chi connectivity index (χ0v) is 8.78. The van der Waals surface area contributed by atoms with Crippen LogP contribution in [0.4, 0.5) is 4.79 Å². The van der Waals surface area contributed by atoms with Crippen LogP contribution in [-0.2, 0) is 0 Å². The quantitative estimate of drug-likeness (QED) is 0.760. The molecule has 0 radical (unpaired) electrons. The van der Waals surface area contributed by atoms with Crippen molar-refractivity contribution in [2.75, 3.05) is 6.54 Å². The number of urea groups is 1. The number of benzene rings is 1. The Morgan fingerprint density at radius 3 is 3.12 bits per heavy atom. The van der Waals surface area contributed by atoms with Crippen molar-refractivity contribution >= 4 is 17.1 Å². The predicted octanol–water partition coefficient (Wildman–Crippen LogP) is 1.49. The van der Waals surface area contributed by atoms with Gasteiger partial charge in [-0.2, -0.15) is 0 Å². The van der Waals surface area contributed by atoms with E-state index in [4.69, 9.17) is 4.42 Å². The smallest absolute Gasteiger partial charge is 0.315 e. The van der Waals surface area contributed by atoms with Crippen molar-refractivity contribution in [2.45, 2.75) is 13.0 Å². The van der Waals surface area contributed by atoms with E-state index in [9.17, 15) is 4.79 Å². The lowest BCUT2D eigenvalue weighted by molar-refractivity contribution is 0.247. The van der Waals surface area contributed by atoms with Crippen molar-refractivity contribution in [3.05, 3.63) is 29.7 Å². The lowest BCUT2D eigenvalue weighted by Crippen LogP contribution is -2.21. The molecular weight excluding hydrogens is 206 g/mol. The fourth-order valence-corrected chi connectivity index (χ4v) is 1.93. The van der Waals surface area contributed by atoms with Gasteiger partial charge in [0, 0.05) is 13.5 Å². The minimum Gasteiger partial charge on any atom is -0.441 e. The molecule has 5 nitrogen and oxygen atoms in total. The van der Waals surface area contributed by atoms with E-state index < -0.39 is 0 Å². The number of nitrogens with zero attached hydrogens (tertiary/aromatic N) is 1. The van der Waals surface area contributed by atoms with Crippen molar-refractivity contribution in [3.63, 3.8) is 0 Å². The van der Waals surface area contributed by atoms with Crippen molar-refractivity contribution in [2.24, 2.45) is 0 Å². The van der Waals surface area contributed by atoms with Crippen molar-refractivity contribution in [1.29, 1.82) is 0 Å². The predicted molar refractivity (Wildman–Crippen MR) is 58.0 cm³/mol. The molecule has 0 saturated carbocycles. The summed E-state index contributed by atoms with van der Waals surface area (Å²) in [7, 11) is 0.